The van der Waals surface area contributed by atoms with Crippen LogP contribution >= 0.6 is 0 Å². The Bertz CT molecular complexity index is 5100. The normalized spacial score (nSPS) is 21.3. The van der Waals surface area contributed by atoms with Gasteiger partial charge in [-0.2, -0.15) is 0 Å². The second-order valence-corrected chi connectivity index (χ2v) is 35.9. The molecule has 0 aromatic rings. The van der Waals surface area contributed by atoms with Crippen LogP contribution in [0.2, 0.25) is 0 Å². The molecule has 0 aliphatic carbocycles. The number of amides is 2. The van der Waals surface area contributed by atoms with Crippen LogP contribution in [0.15, 0.2) is 0 Å². The van der Waals surface area contributed by atoms with E-state index in [2.05, 4.69) is 76.4 Å². The summed E-state index contributed by atoms with van der Waals surface area (Å²) in [7, 11) is -110. The van der Waals surface area contributed by atoms with Gasteiger partial charge in [0.2, 0.25) is 166 Å². The molecule has 131 heavy (non-hydrogen) atoms. The van der Waals surface area contributed by atoms with Gasteiger partial charge in [0.25, 0.3) is 11.8 Å². The molecule has 0 saturated carbocycles. The number of nitrogens with one attached hydrogen (secondary N) is 2. The number of carbonyl (C=O) groups excluding carboxylic acids is 2. The third kappa shape index (κ3) is 82.8. The second kappa shape index (κ2) is 73.3. The van der Waals surface area contributed by atoms with Crippen molar-refractivity contribution in [3.8, 4) is 0 Å². The van der Waals surface area contributed by atoms with Crippen molar-refractivity contribution < 1.29 is 776 Å². The molecule has 2 heterocycles. The van der Waals surface area contributed by atoms with E-state index >= 15 is 0 Å². The molecule has 72 nitrogen and oxygen atoms in total. The maximum Gasteiger partial charge on any atom is 1.00 e. The maximum absolute atomic E-state index is 13.8. The molecular weight excluding hydrogens is 2350 g/mol. The Labute approximate surface area is 1100 Å². The van der Waals surface area contributed by atoms with Crippen molar-refractivity contribution in [3.63, 3.8) is 0 Å². The Kier molecular flexibility index (Phi) is 98.9. The molecule has 18 atom stereocenters. The molecule has 2 saturated heterocycles. The average molecular weight is 2390 g/mol. The van der Waals surface area contributed by atoms with E-state index in [1.807, 2.05) is 0 Å². The van der Waals surface area contributed by atoms with Crippen LogP contribution in [0, 0.1) is 0 Å². The Morgan fingerprint density at radius 1 is 0.244 bits per heavy atom. The summed E-state index contributed by atoms with van der Waals surface area (Å²) in [5.41, 5.74) is 0. The first kappa shape index (κ1) is 177. The van der Waals surface area contributed by atoms with E-state index in [-0.39, 0.29) is 473 Å². The standard InChI is InChI=1S/C27H50N2O70S16.16Na/c30-24(20(96-112(68,69)70)16(92-108(56,57)58)14(90-106(50,51)52)10(86-102(38,39)40)4-80-26-22(98-114(74,75)76)18(94-110(62,63)64)12(88-104(44,45)46)8(84-26)6-82-100(32,33)34)28-2-1-3-29-25(31)21(97-113(71,72)73)17(93-109(59,60)61)15(91-107(53,54)55)11(87-103(41,42)43)5-81-27-23(99-115(77,78)79)19(95-111(65,66)67)13(89-105(47,48)49)9(85-27)7-83-101(35,36)37;;;;;;;;;;;;;;;;/h8-23,26-27H,1-7H2,(H,28,30)(H,29,31)(H,32,33,34)(H,35,36,37)(H,38,39,40)(H,41,42,43)(H,44,45,46)(H,47,48,49)(H,50,51,52)(H,53,54,55)(H,56,57,58)(H,59,60,61)(H,62,63,64)(H,65,66,67)(H,68,69,70)(H,71,72,73)(H,74,75,76)(H,77,78,79);;;;;;;;;;;;;;;;/q;16*+1/p-16. The first-order valence-electron chi connectivity index (χ1n) is 26.0. The summed E-state index contributed by atoms with van der Waals surface area (Å²) in [6.07, 6.45) is -73.2. The number of hydrogen-bond donors (Lipinski definition) is 2. The third-order valence-corrected chi connectivity index (χ3v) is 18.7. The number of ether oxygens (including phenoxy) is 4. The van der Waals surface area contributed by atoms with Crippen molar-refractivity contribution in [3.05, 3.63) is 0 Å². The molecular formula is C27H34N2Na16O70S16. The van der Waals surface area contributed by atoms with E-state index in [1.165, 1.54) is 0 Å². The van der Waals surface area contributed by atoms with Gasteiger partial charge in [0.15, 0.2) is 37.0 Å². The molecule has 2 aliphatic rings. The topological polar surface area (TPSA) is 1160 Å². The summed E-state index contributed by atoms with van der Waals surface area (Å²) in [5.74, 6) is -5.75. The van der Waals surface area contributed by atoms with Gasteiger partial charge < -0.3 is 102 Å². The van der Waals surface area contributed by atoms with Crippen molar-refractivity contribution in [1.29, 1.82) is 0 Å². The molecule has 2 aliphatic heterocycles. The minimum Gasteiger partial charge on any atom is -0.726 e. The van der Waals surface area contributed by atoms with E-state index in [0.29, 0.717) is 0 Å². The van der Waals surface area contributed by atoms with Gasteiger partial charge in [0.05, 0.1) is 26.4 Å². The van der Waals surface area contributed by atoms with Gasteiger partial charge in [-0.15, -0.1) is 0 Å². The van der Waals surface area contributed by atoms with E-state index < -0.39 is 334 Å². The van der Waals surface area contributed by atoms with Crippen LogP contribution in [0.5, 0.6) is 0 Å². The summed E-state index contributed by atoms with van der Waals surface area (Å²) in [6.45, 7) is -13.8. The van der Waals surface area contributed by atoms with Crippen molar-refractivity contribution in [2.75, 3.05) is 39.5 Å². The summed E-state index contributed by atoms with van der Waals surface area (Å²) in [5, 5.41) is 2.32. The van der Waals surface area contributed by atoms with Crippen LogP contribution in [0.4, 0.5) is 0 Å². The van der Waals surface area contributed by atoms with Crippen LogP contribution in [0.25, 0.3) is 0 Å². The molecule has 2 amide bonds. The predicted octanol–water partition coefficient (Wildman–Crippen LogP) is -68.1. The summed E-state index contributed by atoms with van der Waals surface area (Å²) in [4.78, 5) is 27.5. The maximum atomic E-state index is 13.8. The van der Waals surface area contributed by atoms with Gasteiger partial charge in [-0.25, -0.2) is 135 Å². The fraction of sp³-hybridized carbons (Fsp3) is 0.926. The quantitative estimate of drug-likeness (QED) is 0.0247. The zero-order chi connectivity index (χ0) is 90.1. The van der Waals surface area contributed by atoms with E-state index in [4.69, 9.17) is 9.47 Å². The van der Waals surface area contributed by atoms with Crippen molar-refractivity contribution in [2.24, 2.45) is 0 Å². The Hall–Kier alpha value is 12.7. The molecule has 684 valence electrons. The first-order valence-corrected chi connectivity index (χ1v) is 47.4. The van der Waals surface area contributed by atoms with E-state index in [0.717, 1.165) is 10.6 Å². The van der Waals surface area contributed by atoms with Gasteiger partial charge in [-0.05, 0) is 6.42 Å². The Balaban J connectivity index is -0.000000647. The molecule has 2 N–H and O–H groups in total. The van der Waals surface area contributed by atoms with Crippen LogP contribution in [0.3, 0.4) is 0 Å². The number of rotatable bonds is 52. The van der Waals surface area contributed by atoms with Gasteiger partial charge >= 0.3 is 473 Å². The molecule has 2 fully saturated rings. The molecule has 2 rings (SSSR count). The smallest absolute Gasteiger partial charge is 0.726 e. The third-order valence-electron chi connectivity index (χ3n) is 11.4. The molecule has 0 spiro atoms. The summed E-state index contributed by atoms with van der Waals surface area (Å²) >= 11 is 0. The van der Waals surface area contributed by atoms with Crippen LogP contribution in [-0.2, 0) is 262 Å². The van der Waals surface area contributed by atoms with E-state index in [1.54, 1.807) is 0 Å². The second-order valence-electron chi connectivity index (χ2n) is 19.7. The molecule has 0 aromatic carbocycles. The number of hydrogen-bond acceptors (Lipinski definition) is 70. The summed E-state index contributed by atoms with van der Waals surface area (Å²) < 4.78 is 650. The Morgan fingerprint density at radius 3 is 0.626 bits per heavy atom. The fourth-order valence-corrected chi connectivity index (χ4v) is 15.7. The van der Waals surface area contributed by atoms with Crippen LogP contribution < -0.4 is 484 Å². The molecule has 104 heteroatoms. The number of carbonyl (C=O) groups is 2. The summed E-state index contributed by atoms with van der Waals surface area (Å²) in [6, 6.07) is 0. The predicted molar refractivity (Wildman–Crippen MR) is 295 cm³/mol. The fourth-order valence-electron chi connectivity index (χ4n) is 8.32. The Morgan fingerprint density at radius 2 is 0.435 bits per heavy atom. The van der Waals surface area contributed by atoms with Gasteiger partial charge in [-0.3, -0.25) is 76.5 Å². The molecule has 0 bridgehead atoms. The van der Waals surface area contributed by atoms with Crippen molar-refractivity contribution >= 4 is 178 Å². The molecule has 0 radical (unpaired) electrons. The van der Waals surface area contributed by atoms with Crippen LogP contribution in [-0.4, -0.2) is 369 Å². The minimum absolute atomic E-state index is 0. The van der Waals surface area contributed by atoms with Gasteiger partial charge in [-0.1, -0.05) is 0 Å². The first-order chi connectivity index (χ1) is 50.8. The zero-order valence-corrected chi connectivity index (χ0v) is 114. The van der Waals surface area contributed by atoms with Gasteiger partial charge in [0, 0.05) is 13.1 Å². The van der Waals surface area contributed by atoms with E-state index in [9.17, 15) is 217 Å². The molecule has 18 unspecified atom stereocenters. The minimum atomic E-state index is -7.20. The van der Waals surface area contributed by atoms with Crippen molar-refractivity contribution in [1.82, 2.24) is 10.6 Å². The SMILES string of the molecule is O=C(NCCCNC(=O)C(OS(=O)(=O)[O-])C(OS(=O)(=O)[O-])C(OS(=O)(=O)[O-])C(COC1OC(COS(=O)(=O)[O-])C(OS(=O)(=O)[O-])C(OS(=O)(=O)[O-])C1OS(=O)(=O)[O-])OS(=O)(=O)[O-])C(OS(=O)(=O)[O-])C(OS(=O)(=O)[O-])C(OS(=O)(=O)[O-])C(COC1OC(COS(=O)(=O)[O-])C(OS(=O)(=O)[O-])C(OS(=O)(=O)[O-])C1OS(=O)(=O)[O-])OS(=O)(=O)[O-].[Na+].[Na+].[Na+].[Na+].[Na+].[Na+].[Na+].[Na+].[Na+].[Na+].[Na+].[Na+].[Na+].[Na+].[Na+].[Na+]. The average Bonchev–Trinajstić information content (AvgIpc) is 0.772. The van der Waals surface area contributed by atoms with Gasteiger partial charge in [0.1, 0.15) is 73.2 Å². The molecule has 0 aromatic heterocycles. The van der Waals surface area contributed by atoms with Crippen LogP contribution in [0.1, 0.15) is 6.42 Å². The zero-order valence-electron chi connectivity index (χ0n) is 68.5. The largest absolute Gasteiger partial charge is 1.00 e. The monoisotopic (exact) mass is 2390 g/mol. The van der Waals surface area contributed by atoms with Crippen molar-refractivity contribution in [2.45, 2.75) is 117 Å².